The second-order valence-electron chi connectivity index (χ2n) is 3.95. The monoisotopic (exact) mass is 221 g/mol. The molecule has 82 valence electrons. The number of rotatable bonds is 1. The number of hydrogen-bond donors (Lipinski definition) is 1. The zero-order valence-electron chi connectivity index (χ0n) is 9.17. The van der Waals surface area contributed by atoms with Crippen LogP contribution in [0.5, 0.6) is 5.75 Å². The highest BCUT2D eigenvalue weighted by atomic mass is 16.3. The molecule has 0 bridgehead atoms. The molecule has 3 aromatic rings. The van der Waals surface area contributed by atoms with Crippen molar-refractivity contribution in [1.29, 1.82) is 0 Å². The van der Waals surface area contributed by atoms with Gasteiger partial charge in [-0.2, -0.15) is 0 Å². The Balaban J connectivity index is 2.30. The van der Waals surface area contributed by atoms with E-state index in [4.69, 9.17) is 0 Å². The van der Waals surface area contributed by atoms with Crippen LogP contribution in [0.1, 0.15) is 0 Å². The lowest BCUT2D eigenvalue weighted by Gasteiger charge is -2.06. The van der Waals surface area contributed by atoms with Gasteiger partial charge in [-0.15, -0.1) is 0 Å². The SMILES string of the molecule is Oc1cccc(-c2cccc3cnccc23)c1. The smallest absolute Gasteiger partial charge is 0.116 e. The van der Waals surface area contributed by atoms with Gasteiger partial charge in [-0.1, -0.05) is 30.3 Å². The molecule has 2 nitrogen and oxygen atoms in total. The molecule has 2 aromatic carbocycles. The Kier molecular flexibility index (Phi) is 2.26. The predicted molar refractivity (Wildman–Crippen MR) is 68.8 cm³/mol. The highest BCUT2D eigenvalue weighted by molar-refractivity contribution is 5.96. The Hall–Kier alpha value is -2.35. The number of pyridine rings is 1. The number of aromatic nitrogens is 1. The van der Waals surface area contributed by atoms with Crippen LogP contribution in [0.25, 0.3) is 21.9 Å². The molecule has 0 saturated heterocycles. The van der Waals surface area contributed by atoms with Crippen LogP contribution in [-0.4, -0.2) is 10.1 Å². The summed E-state index contributed by atoms with van der Waals surface area (Å²) in [6.07, 6.45) is 3.64. The fraction of sp³-hybridized carbons (Fsp3) is 0. The molecule has 0 radical (unpaired) electrons. The lowest BCUT2D eigenvalue weighted by atomic mass is 9.99. The standard InChI is InChI=1S/C15H11NO/c17-13-5-1-3-11(9-13)14-6-2-4-12-10-16-8-7-15(12)14/h1-10,17H. The third kappa shape index (κ3) is 1.74. The molecule has 0 aliphatic heterocycles. The van der Waals surface area contributed by atoms with Gasteiger partial charge in [-0.3, -0.25) is 4.98 Å². The van der Waals surface area contributed by atoms with Crippen LogP contribution in [0, 0.1) is 0 Å². The number of hydrogen-bond acceptors (Lipinski definition) is 2. The van der Waals surface area contributed by atoms with Gasteiger partial charge in [0.25, 0.3) is 0 Å². The summed E-state index contributed by atoms with van der Waals surface area (Å²) in [5, 5.41) is 11.8. The summed E-state index contributed by atoms with van der Waals surface area (Å²) in [4.78, 5) is 4.12. The van der Waals surface area contributed by atoms with Gasteiger partial charge in [-0.25, -0.2) is 0 Å². The van der Waals surface area contributed by atoms with E-state index >= 15 is 0 Å². The molecule has 2 heteroatoms. The van der Waals surface area contributed by atoms with E-state index in [-0.39, 0.29) is 5.75 Å². The minimum atomic E-state index is 0.286. The maximum atomic E-state index is 9.53. The van der Waals surface area contributed by atoms with E-state index < -0.39 is 0 Å². The average Bonchev–Trinajstić information content (AvgIpc) is 2.38. The first-order valence-electron chi connectivity index (χ1n) is 5.47. The van der Waals surface area contributed by atoms with Crippen molar-refractivity contribution in [2.24, 2.45) is 0 Å². The Morgan fingerprint density at radius 2 is 1.82 bits per heavy atom. The van der Waals surface area contributed by atoms with Gasteiger partial charge in [0.15, 0.2) is 0 Å². The summed E-state index contributed by atoms with van der Waals surface area (Å²) >= 11 is 0. The second-order valence-corrected chi connectivity index (χ2v) is 3.95. The van der Waals surface area contributed by atoms with Crippen LogP contribution in [0.3, 0.4) is 0 Å². The predicted octanol–water partition coefficient (Wildman–Crippen LogP) is 3.61. The molecule has 0 saturated carbocycles. The number of benzene rings is 2. The third-order valence-electron chi connectivity index (χ3n) is 2.84. The van der Waals surface area contributed by atoms with Gasteiger partial charge < -0.3 is 5.11 Å². The van der Waals surface area contributed by atoms with Gasteiger partial charge in [-0.05, 0) is 34.7 Å². The van der Waals surface area contributed by atoms with Crippen LogP contribution in [0.2, 0.25) is 0 Å². The zero-order chi connectivity index (χ0) is 11.7. The van der Waals surface area contributed by atoms with E-state index in [2.05, 4.69) is 11.1 Å². The van der Waals surface area contributed by atoms with Crippen LogP contribution in [0.15, 0.2) is 60.9 Å². The van der Waals surface area contributed by atoms with Crippen molar-refractivity contribution in [3.63, 3.8) is 0 Å². The topological polar surface area (TPSA) is 33.1 Å². The molecule has 0 aliphatic rings. The zero-order valence-corrected chi connectivity index (χ0v) is 9.17. The lowest BCUT2D eigenvalue weighted by molar-refractivity contribution is 0.475. The molecule has 0 amide bonds. The van der Waals surface area contributed by atoms with Crippen LogP contribution < -0.4 is 0 Å². The van der Waals surface area contributed by atoms with Gasteiger partial charge in [0.1, 0.15) is 5.75 Å². The van der Waals surface area contributed by atoms with E-state index in [0.717, 1.165) is 21.9 Å². The molecule has 0 aliphatic carbocycles. The molecule has 0 spiro atoms. The largest absolute Gasteiger partial charge is 0.508 e. The number of phenols is 1. The Morgan fingerprint density at radius 1 is 0.941 bits per heavy atom. The molecule has 0 fully saturated rings. The number of phenolic OH excluding ortho intramolecular Hbond substituents is 1. The second kappa shape index (κ2) is 3.91. The molecule has 3 rings (SSSR count). The summed E-state index contributed by atoms with van der Waals surface area (Å²) in [7, 11) is 0. The number of fused-ring (bicyclic) bond motifs is 1. The first-order chi connectivity index (χ1) is 8.34. The summed E-state index contributed by atoms with van der Waals surface area (Å²) < 4.78 is 0. The molecule has 17 heavy (non-hydrogen) atoms. The minimum absolute atomic E-state index is 0.286. The quantitative estimate of drug-likeness (QED) is 0.681. The minimum Gasteiger partial charge on any atom is -0.508 e. The summed E-state index contributed by atoms with van der Waals surface area (Å²) in [6.45, 7) is 0. The normalized spacial score (nSPS) is 10.6. The van der Waals surface area contributed by atoms with E-state index in [1.165, 1.54) is 0 Å². The first kappa shape index (κ1) is 9.85. The van der Waals surface area contributed by atoms with Crippen molar-refractivity contribution in [2.75, 3.05) is 0 Å². The van der Waals surface area contributed by atoms with Gasteiger partial charge in [0.05, 0.1) is 0 Å². The molecular weight excluding hydrogens is 210 g/mol. The lowest BCUT2D eigenvalue weighted by Crippen LogP contribution is -1.82. The fourth-order valence-corrected chi connectivity index (χ4v) is 2.05. The van der Waals surface area contributed by atoms with Gasteiger partial charge in [0, 0.05) is 17.8 Å². The van der Waals surface area contributed by atoms with Gasteiger partial charge in [0.2, 0.25) is 0 Å². The Bertz CT molecular complexity index is 671. The van der Waals surface area contributed by atoms with Gasteiger partial charge >= 0.3 is 0 Å². The molecule has 1 N–H and O–H groups in total. The maximum absolute atomic E-state index is 9.53. The van der Waals surface area contributed by atoms with Crippen molar-refractivity contribution >= 4 is 10.8 Å². The number of aromatic hydroxyl groups is 1. The molecule has 1 aromatic heterocycles. The van der Waals surface area contributed by atoms with Crippen molar-refractivity contribution in [1.82, 2.24) is 4.98 Å². The highest BCUT2D eigenvalue weighted by Gasteiger charge is 2.03. The highest BCUT2D eigenvalue weighted by Crippen LogP contribution is 2.29. The van der Waals surface area contributed by atoms with Crippen molar-refractivity contribution in [3.05, 3.63) is 60.9 Å². The maximum Gasteiger partial charge on any atom is 0.116 e. The Labute approximate surface area is 99.2 Å². The van der Waals surface area contributed by atoms with E-state index in [1.54, 1.807) is 18.3 Å². The molecule has 0 unspecified atom stereocenters. The summed E-state index contributed by atoms with van der Waals surface area (Å²) in [6, 6.07) is 15.4. The molecular formula is C15H11NO. The van der Waals surface area contributed by atoms with Crippen LogP contribution >= 0.6 is 0 Å². The van der Waals surface area contributed by atoms with Crippen LogP contribution in [-0.2, 0) is 0 Å². The first-order valence-corrected chi connectivity index (χ1v) is 5.47. The Morgan fingerprint density at radius 3 is 2.71 bits per heavy atom. The third-order valence-corrected chi connectivity index (χ3v) is 2.84. The van der Waals surface area contributed by atoms with Crippen molar-refractivity contribution < 1.29 is 5.11 Å². The van der Waals surface area contributed by atoms with E-state index in [0.29, 0.717) is 0 Å². The fourth-order valence-electron chi connectivity index (χ4n) is 2.05. The van der Waals surface area contributed by atoms with Crippen molar-refractivity contribution in [3.8, 4) is 16.9 Å². The molecule has 1 heterocycles. The van der Waals surface area contributed by atoms with Crippen LogP contribution in [0.4, 0.5) is 0 Å². The molecule has 0 atom stereocenters. The average molecular weight is 221 g/mol. The van der Waals surface area contributed by atoms with E-state index in [9.17, 15) is 5.11 Å². The van der Waals surface area contributed by atoms with Crippen molar-refractivity contribution in [2.45, 2.75) is 0 Å². The van der Waals surface area contributed by atoms with E-state index in [1.807, 2.05) is 36.5 Å². The summed E-state index contributed by atoms with van der Waals surface area (Å²) in [5.41, 5.74) is 2.13. The summed E-state index contributed by atoms with van der Waals surface area (Å²) in [5.74, 6) is 0.286. The number of nitrogens with zero attached hydrogens (tertiary/aromatic N) is 1.